The van der Waals surface area contributed by atoms with Crippen molar-refractivity contribution in [2.75, 3.05) is 0 Å². The first-order valence-electron chi connectivity index (χ1n) is 21.0. The highest BCUT2D eigenvalue weighted by molar-refractivity contribution is 7.16. The lowest BCUT2D eigenvalue weighted by Gasteiger charge is -2.41. The summed E-state index contributed by atoms with van der Waals surface area (Å²) in [6, 6.07) is 34.7. The van der Waals surface area contributed by atoms with Crippen LogP contribution in [0.3, 0.4) is 0 Å². The molecule has 0 saturated heterocycles. The first-order chi connectivity index (χ1) is 25.0. The largest absolute Gasteiger partial charge is 0.179 e. The third-order valence-electron chi connectivity index (χ3n) is 12.0. The molecule has 0 aromatic heterocycles. The van der Waals surface area contributed by atoms with Gasteiger partial charge in [-0.3, -0.25) is 0 Å². The molecule has 0 aliphatic heterocycles. The van der Waals surface area contributed by atoms with E-state index in [1.807, 2.05) is 0 Å². The average Bonchev–Trinajstić information content (AvgIpc) is 3.51. The Bertz CT molecular complexity index is 1800. The number of benzene rings is 4. The van der Waals surface area contributed by atoms with E-state index in [0.29, 0.717) is 0 Å². The van der Waals surface area contributed by atoms with Crippen LogP contribution in [-0.4, -0.2) is 8.07 Å². The fourth-order valence-corrected chi connectivity index (χ4v) is 13.3. The summed E-state index contributed by atoms with van der Waals surface area (Å²) in [6.07, 6.45) is 7.10. The Morgan fingerprint density at radius 2 is 0.673 bits per heavy atom. The quantitative estimate of drug-likeness (QED) is 0.136. The highest BCUT2D eigenvalue weighted by Crippen LogP contribution is 2.38. The fraction of sp³-hybridized carbons (Fsp3) is 0.481. The minimum atomic E-state index is -3.08. The van der Waals surface area contributed by atoms with E-state index >= 15 is 0 Å². The normalized spacial score (nSPS) is 14.9. The van der Waals surface area contributed by atoms with E-state index in [4.69, 9.17) is 0 Å². The summed E-state index contributed by atoms with van der Waals surface area (Å²) in [7, 11) is -3.08. The topological polar surface area (TPSA) is 0 Å². The molecule has 0 radical (unpaired) electrons. The van der Waals surface area contributed by atoms with Crippen LogP contribution in [0.1, 0.15) is 170 Å². The van der Waals surface area contributed by atoms with Crippen molar-refractivity contribution in [3.05, 3.63) is 147 Å². The van der Waals surface area contributed by atoms with Crippen molar-refractivity contribution in [2.24, 2.45) is 0 Å². The second-order valence-electron chi connectivity index (χ2n) is 22.9. The van der Waals surface area contributed by atoms with E-state index < -0.39 is 8.07 Å². The van der Waals surface area contributed by atoms with Gasteiger partial charge in [-0.2, -0.15) is 0 Å². The Hall–Kier alpha value is -3.42. The van der Waals surface area contributed by atoms with Crippen molar-refractivity contribution < 1.29 is 0 Å². The second kappa shape index (κ2) is 14.5. The van der Waals surface area contributed by atoms with E-state index in [9.17, 15) is 0 Å². The van der Waals surface area contributed by atoms with Gasteiger partial charge in [0, 0.05) is 0 Å². The molecular weight excluding hydrogens is 677 g/mol. The summed E-state index contributed by atoms with van der Waals surface area (Å²) in [5, 5.41) is 6.09. The van der Waals surface area contributed by atoms with Crippen LogP contribution in [0.2, 0.25) is 0 Å². The molecule has 0 bridgehead atoms. The Morgan fingerprint density at radius 3 is 0.945 bits per heavy atom. The van der Waals surface area contributed by atoms with Crippen molar-refractivity contribution in [3.8, 4) is 0 Å². The molecule has 1 aliphatic carbocycles. The molecule has 0 spiro atoms. The van der Waals surface area contributed by atoms with Crippen LogP contribution in [-0.2, 0) is 38.9 Å². The molecule has 0 amide bonds. The first kappa shape index (κ1) is 42.7. The lowest BCUT2D eigenvalue weighted by molar-refractivity contribution is 0.569. The van der Waals surface area contributed by atoms with Crippen molar-refractivity contribution >= 4 is 23.6 Å². The van der Waals surface area contributed by atoms with Gasteiger partial charge in [0.05, 0.1) is 0 Å². The predicted octanol–water partition coefficient (Wildman–Crippen LogP) is 13.0. The SMILES string of the molecule is CC(C)(C)c1cc(C(C)(C)C)cc([Si](C2=CCC=C2Cc2ccccc2)(c2cc(C(C)(C)C)cc(C(C)(C)C)c2)c2cc(C(C)(C)C)cc(C(C)(C)C)c2)c1. The smallest absolute Gasteiger partial charge is 0.0801 e. The molecule has 0 nitrogen and oxygen atoms in total. The van der Waals surface area contributed by atoms with Crippen molar-refractivity contribution in [2.45, 2.75) is 170 Å². The molecule has 0 saturated carbocycles. The van der Waals surface area contributed by atoms with Crippen molar-refractivity contribution in [1.29, 1.82) is 0 Å². The van der Waals surface area contributed by atoms with Gasteiger partial charge in [0.2, 0.25) is 0 Å². The van der Waals surface area contributed by atoms with Gasteiger partial charge in [-0.1, -0.05) is 222 Å². The third-order valence-corrected chi connectivity index (χ3v) is 16.8. The summed E-state index contributed by atoms with van der Waals surface area (Å²) in [6.45, 7) is 43.1. The lowest BCUT2D eigenvalue weighted by atomic mass is 9.80. The zero-order chi connectivity index (χ0) is 41.2. The van der Waals surface area contributed by atoms with Gasteiger partial charge in [0.25, 0.3) is 0 Å². The van der Waals surface area contributed by atoms with E-state index in [1.54, 1.807) is 5.20 Å². The molecule has 0 unspecified atom stereocenters. The highest BCUT2D eigenvalue weighted by atomic mass is 28.3. The number of allylic oxidation sites excluding steroid dienone is 4. The Morgan fingerprint density at radius 1 is 0.382 bits per heavy atom. The van der Waals surface area contributed by atoms with Gasteiger partial charge in [0.1, 0.15) is 0 Å². The number of hydrogen-bond donors (Lipinski definition) is 0. The van der Waals surface area contributed by atoms with Gasteiger partial charge < -0.3 is 0 Å². The van der Waals surface area contributed by atoms with Crippen molar-refractivity contribution in [1.82, 2.24) is 0 Å². The van der Waals surface area contributed by atoms with E-state index in [-0.39, 0.29) is 32.5 Å². The standard InChI is InChI=1S/C54H74Si/c1-49(2,3)39-28-40(50(4,5)6)32-45(31-39)55(48-26-22-25-38(48)27-37-23-20-19-21-24-37,46-33-41(51(7,8)9)29-42(34-46)52(10,11)12)47-35-43(53(13,14)15)30-44(36-47)54(16,17)18/h19-21,23-26,28-36H,22,27H2,1-18H3. The van der Waals surface area contributed by atoms with E-state index in [2.05, 4.69) is 222 Å². The minimum Gasteiger partial charge on any atom is -0.0801 e. The molecule has 5 rings (SSSR count). The third kappa shape index (κ3) is 9.09. The maximum absolute atomic E-state index is 3.08. The monoisotopic (exact) mass is 751 g/mol. The molecule has 0 N–H and O–H groups in total. The van der Waals surface area contributed by atoms with Crippen LogP contribution >= 0.6 is 0 Å². The predicted molar refractivity (Wildman–Crippen MR) is 247 cm³/mol. The molecule has 0 fully saturated rings. The Balaban J connectivity index is 2.13. The molecule has 1 aliphatic rings. The van der Waals surface area contributed by atoms with Crippen molar-refractivity contribution in [3.63, 3.8) is 0 Å². The summed E-state index contributed by atoms with van der Waals surface area (Å²) in [5.74, 6) is 0. The van der Waals surface area contributed by atoms with E-state index in [1.165, 1.54) is 60.1 Å². The average molecular weight is 751 g/mol. The van der Waals surface area contributed by atoms with Gasteiger partial charge in [-0.25, -0.2) is 0 Å². The highest BCUT2D eigenvalue weighted by Gasteiger charge is 2.47. The van der Waals surface area contributed by atoms with Crippen LogP contribution in [0.25, 0.3) is 0 Å². The van der Waals surface area contributed by atoms with E-state index in [0.717, 1.165) is 12.8 Å². The maximum atomic E-state index is 2.65. The van der Waals surface area contributed by atoms with Gasteiger partial charge in [0.15, 0.2) is 8.07 Å². The van der Waals surface area contributed by atoms with Crippen LogP contribution < -0.4 is 15.6 Å². The lowest BCUT2D eigenvalue weighted by Crippen LogP contribution is -2.69. The molecule has 4 aromatic carbocycles. The number of hydrogen-bond acceptors (Lipinski definition) is 0. The molecule has 1 heteroatoms. The zero-order valence-corrected chi connectivity index (χ0v) is 39.2. The molecule has 294 valence electrons. The molecule has 0 heterocycles. The first-order valence-corrected chi connectivity index (χ1v) is 23.0. The Kier molecular flexibility index (Phi) is 11.3. The zero-order valence-electron chi connectivity index (χ0n) is 38.2. The van der Waals surface area contributed by atoms with Crippen LogP contribution in [0.5, 0.6) is 0 Å². The van der Waals surface area contributed by atoms with Crippen LogP contribution in [0.4, 0.5) is 0 Å². The summed E-state index contributed by atoms with van der Waals surface area (Å²) >= 11 is 0. The molecule has 55 heavy (non-hydrogen) atoms. The van der Waals surface area contributed by atoms with Gasteiger partial charge in [-0.15, -0.1) is 0 Å². The second-order valence-corrected chi connectivity index (χ2v) is 26.7. The van der Waals surface area contributed by atoms with Crippen LogP contribution in [0, 0.1) is 0 Å². The summed E-state index contributed by atoms with van der Waals surface area (Å²) < 4.78 is 0. The number of rotatable bonds is 6. The molecule has 4 aromatic rings. The fourth-order valence-electron chi connectivity index (χ4n) is 8.03. The Labute approximate surface area is 339 Å². The van der Waals surface area contributed by atoms with Gasteiger partial charge in [-0.05, 0) is 111 Å². The molecular formula is C54H74Si. The van der Waals surface area contributed by atoms with Crippen LogP contribution in [0.15, 0.2) is 108 Å². The minimum absolute atomic E-state index is 0.0173. The molecule has 0 atom stereocenters. The maximum Gasteiger partial charge on any atom is 0.179 e. The summed E-state index contributed by atoms with van der Waals surface area (Å²) in [5.41, 5.74) is 11.3. The summed E-state index contributed by atoms with van der Waals surface area (Å²) in [4.78, 5) is 0. The van der Waals surface area contributed by atoms with Gasteiger partial charge >= 0.3 is 0 Å².